The van der Waals surface area contributed by atoms with Crippen molar-refractivity contribution in [3.8, 4) is 5.88 Å². The quantitative estimate of drug-likeness (QED) is 0.755. The third-order valence-corrected chi connectivity index (χ3v) is 1.51. The maximum atomic E-state index is 5.53. The molecule has 5 heteroatoms. The lowest BCUT2D eigenvalue weighted by Gasteiger charge is -2.06. The van der Waals surface area contributed by atoms with Crippen molar-refractivity contribution in [1.82, 2.24) is 10.3 Å². The van der Waals surface area contributed by atoms with Gasteiger partial charge in [-0.15, -0.1) is 0 Å². The molecule has 13 heavy (non-hydrogen) atoms. The number of ether oxygens (including phenoxy) is 1. The summed E-state index contributed by atoms with van der Waals surface area (Å²) in [4.78, 5) is 0. The Labute approximate surface area is 77.2 Å². The molecule has 0 aromatic carbocycles. The molecule has 1 rings (SSSR count). The fraction of sp³-hybridized carbons (Fsp3) is 0.750. The molecular formula is C8H15N3O2. The Bertz CT molecular complexity index is 258. The van der Waals surface area contributed by atoms with Gasteiger partial charge in [0.15, 0.2) is 5.69 Å². The summed E-state index contributed by atoms with van der Waals surface area (Å²) in [5.74, 6) is 0.696. The van der Waals surface area contributed by atoms with Crippen molar-refractivity contribution in [2.45, 2.75) is 32.7 Å². The van der Waals surface area contributed by atoms with E-state index in [1.54, 1.807) is 0 Å². The third kappa shape index (κ3) is 2.69. The van der Waals surface area contributed by atoms with Crippen molar-refractivity contribution in [2.24, 2.45) is 5.73 Å². The highest BCUT2D eigenvalue weighted by atomic mass is 16.6. The molecule has 2 N–H and O–H groups in total. The van der Waals surface area contributed by atoms with Crippen molar-refractivity contribution in [3.05, 3.63) is 5.69 Å². The van der Waals surface area contributed by atoms with E-state index in [0.717, 1.165) is 5.69 Å². The Kier molecular flexibility index (Phi) is 3.25. The van der Waals surface area contributed by atoms with Gasteiger partial charge < -0.3 is 10.5 Å². The molecule has 0 saturated heterocycles. The molecule has 0 aliphatic carbocycles. The highest BCUT2D eigenvalue weighted by molar-refractivity contribution is 5.17. The molecule has 0 radical (unpaired) electrons. The number of hydrogen-bond donors (Lipinski definition) is 1. The van der Waals surface area contributed by atoms with Crippen LogP contribution in [0.3, 0.4) is 0 Å². The van der Waals surface area contributed by atoms with E-state index in [1.807, 2.05) is 20.8 Å². The molecule has 1 unspecified atom stereocenters. The van der Waals surface area contributed by atoms with E-state index in [1.165, 1.54) is 0 Å². The molecule has 0 bridgehead atoms. The molecule has 0 fully saturated rings. The second kappa shape index (κ2) is 4.23. The van der Waals surface area contributed by atoms with Crippen molar-refractivity contribution in [1.29, 1.82) is 0 Å². The standard InChI is InChI=1S/C8H15N3O2/c1-5(2)7-8(11-13-10-7)12-4-6(3)9/h5-6H,4,9H2,1-3H3. The van der Waals surface area contributed by atoms with E-state index in [0.29, 0.717) is 12.5 Å². The van der Waals surface area contributed by atoms with Gasteiger partial charge in [-0.1, -0.05) is 19.0 Å². The normalized spacial score (nSPS) is 13.3. The van der Waals surface area contributed by atoms with Crippen LogP contribution in [0.4, 0.5) is 0 Å². The SMILES string of the molecule is CC(N)COc1nonc1C(C)C. The molecule has 1 atom stereocenters. The van der Waals surface area contributed by atoms with Crippen LogP contribution in [0.1, 0.15) is 32.4 Å². The number of nitrogens with zero attached hydrogens (tertiary/aromatic N) is 2. The predicted molar refractivity (Wildman–Crippen MR) is 47.5 cm³/mol. The van der Waals surface area contributed by atoms with Crippen LogP contribution in [0.2, 0.25) is 0 Å². The summed E-state index contributed by atoms with van der Waals surface area (Å²) >= 11 is 0. The zero-order valence-corrected chi connectivity index (χ0v) is 8.15. The van der Waals surface area contributed by atoms with E-state index >= 15 is 0 Å². The highest BCUT2D eigenvalue weighted by Gasteiger charge is 2.14. The first-order valence-corrected chi connectivity index (χ1v) is 4.32. The number of rotatable bonds is 4. The molecule has 0 spiro atoms. The van der Waals surface area contributed by atoms with Crippen LogP contribution in [0.15, 0.2) is 4.63 Å². The van der Waals surface area contributed by atoms with Gasteiger partial charge in [-0.2, -0.15) is 0 Å². The third-order valence-electron chi connectivity index (χ3n) is 1.51. The summed E-state index contributed by atoms with van der Waals surface area (Å²) in [7, 11) is 0. The van der Waals surface area contributed by atoms with Crippen molar-refractivity contribution < 1.29 is 9.37 Å². The lowest BCUT2D eigenvalue weighted by atomic mass is 10.1. The average Bonchev–Trinajstić information content (AvgIpc) is 2.47. The Balaban J connectivity index is 2.60. The van der Waals surface area contributed by atoms with Crippen LogP contribution >= 0.6 is 0 Å². The highest BCUT2D eigenvalue weighted by Crippen LogP contribution is 2.21. The number of hydrogen-bond acceptors (Lipinski definition) is 5. The van der Waals surface area contributed by atoms with E-state index in [2.05, 4.69) is 14.9 Å². The van der Waals surface area contributed by atoms with Gasteiger partial charge in [-0.3, -0.25) is 0 Å². The average molecular weight is 185 g/mol. The van der Waals surface area contributed by atoms with E-state index in [-0.39, 0.29) is 12.0 Å². The number of nitrogens with two attached hydrogens (primary N) is 1. The summed E-state index contributed by atoms with van der Waals surface area (Å²) in [5, 5.41) is 7.39. The summed E-state index contributed by atoms with van der Waals surface area (Å²) < 4.78 is 9.88. The van der Waals surface area contributed by atoms with Crippen LogP contribution < -0.4 is 10.5 Å². The fourth-order valence-corrected chi connectivity index (χ4v) is 0.850. The fourth-order valence-electron chi connectivity index (χ4n) is 0.850. The van der Waals surface area contributed by atoms with Gasteiger partial charge in [0.25, 0.3) is 5.88 Å². The minimum atomic E-state index is -0.0169. The van der Waals surface area contributed by atoms with Crippen molar-refractivity contribution in [2.75, 3.05) is 6.61 Å². The Morgan fingerprint density at radius 1 is 1.38 bits per heavy atom. The summed E-state index contributed by atoms with van der Waals surface area (Å²) in [6.45, 7) is 6.28. The van der Waals surface area contributed by atoms with Gasteiger partial charge in [0.05, 0.1) is 0 Å². The van der Waals surface area contributed by atoms with Crippen molar-refractivity contribution in [3.63, 3.8) is 0 Å². The Hall–Kier alpha value is -1.10. The van der Waals surface area contributed by atoms with E-state index < -0.39 is 0 Å². The molecule has 0 aliphatic rings. The van der Waals surface area contributed by atoms with Gasteiger partial charge in [0.1, 0.15) is 6.61 Å². The Morgan fingerprint density at radius 2 is 2.08 bits per heavy atom. The van der Waals surface area contributed by atoms with Crippen LogP contribution in [-0.4, -0.2) is 23.0 Å². The minimum absolute atomic E-state index is 0.0169. The second-order valence-electron chi connectivity index (χ2n) is 3.40. The lowest BCUT2D eigenvalue weighted by molar-refractivity contribution is 0.246. The van der Waals surface area contributed by atoms with Gasteiger partial charge in [0, 0.05) is 12.0 Å². The summed E-state index contributed by atoms with van der Waals surface area (Å²) in [6, 6.07) is -0.0169. The molecule has 74 valence electrons. The first-order valence-electron chi connectivity index (χ1n) is 4.32. The molecule has 1 aromatic rings. The Morgan fingerprint density at radius 3 is 2.62 bits per heavy atom. The van der Waals surface area contributed by atoms with E-state index in [9.17, 15) is 0 Å². The maximum absolute atomic E-state index is 5.53. The number of aromatic nitrogens is 2. The topological polar surface area (TPSA) is 74.2 Å². The maximum Gasteiger partial charge on any atom is 0.279 e. The van der Waals surface area contributed by atoms with Gasteiger partial charge in [-0.25, -0.2) is 4.63 Å². The van der Waals surface area contributed by atoms with Crippen LogP contribution in [0, 0.1) is 0 Å². The van der Waals surface area contributed by atoms with Crippen molar-refractivity contribution >= 4 is 0 Å². The smallest absolute Gasteiger partial charge is 0.279 e. The largest absolute Gasteiger partial charge is 0.473 e. The van der Waals surface area contributed by atoms with Gasteiger partial charge in [-0.05, 0) is 12.1 Å². The molecule has 1 aromatic heterocycles. The van der Waals surface area contributed by atoms with Gasteiger partial charge in [0.2, 0.25) is 0 Å². The molecule has 0 aliphatic heterocycles. The first kappa shape index (κ1) is 9.98. The zero-order chi connectivity index (χ0) is 9.84. The molecule has 0 saturated carbocycles. The summed E-state index contributed by atoms with van der Waals surface area (Å²) in [6.07, 6.45) is 0. The summed E-state index contributed by atoms with van der Waals surface area (Å²) in [5.41, 5.74) is 6.27. The second-order valence-corrected chi connectivity index (χ2v) is 3.40. The van der Waals surface area contributed by atoms with Crippen LogP contribution in [-0.2, 0) is 0 Å². The molecule has 0 amide bonds. The lowest BCUT2D eigenvalue weighted by Crippen LogP contribution is -2.24. The first-order chi connectivity index (χ1) is 6.11. The molecular weight excluding hydrogens is 170 g/mol. The molecule has 1 heterocycles. The van der Waals surface area contributed by atoms with Crippen LogP contribution in [0.25, 0.3) is 0 Å². The zero-order valence-electron chi connectivity index (χ0n) is 8.15. The minimum Gasteiger partial charge on any atom is -0.473 e. The monoisotopic (exact) mass is 185 g/mol. The molecule has 5 nitrogen and oxygen atoms in total. The predicted octanol–water partition coefficient (Wildman–Crippen LogP) is 0.919. The van der Waals surface area contributed by atoms with Gasteiger partial charge >= 0.3 is 0 Å². The van der Waals surface area contributed by atoms with Crippen LogP contribution in [0.5, 0.6) is 5.88 Å². The van der Waals surface area contributed by atoms with E-state index in [4.69, 9.17) is 10.5 Å².